The maximum absolute atomic E-state index is 13.0. The lowest BCUT2D eigenvalue weighted by Crippen LogP contribution is -2.27. The summed E-state index contributed by atoms with van der Waals surface area (Å²) in [6, 6.07) is 12.6. The highest BCUT2D eigenvalue weighted by Crippen LogP contribution is 2.28. The number of benzene rings is 2. The standard InChI is InChI=1S/C25H30N4O4S/c1-4-14-29-21-11-10-17(34(26,31)32)15-20(21)27-24(29)12-13-25(30)28(3)16-19-18-8-6-7-9-23(18)33-22(19)5-2/h6-11,15H,4-5,12-14,16H2,1-3H3,(H2,26,31,32). The van der Waals surface area contributed by atoms with Crippen LogP contribution in [0.5, 0.6) is 0 Å². The van der Waals surface area contributed by atoms with E-state index in [1.807, 2.05) is 35.8 Å². The monoisotopic (exact) mass is 482 g/mol. The number of amides is 1. The Morgan fingerprint density at radius 1 is 1.18 bits per heavy atom. The summed E-state index contributed by atoms with van der Waals surface area (Å²) >= 11 is 0. The molecule has 0 aliphatic rings. The Bertz CT molecular complexity index is 1450. The van der Waals surface area contributed by atoms with Gasteiger partial charge in [0.25, 0.3) is 0 Å². The number of furan rings is 1. The average Bonchev–Trinajstić information content (AvgIpc) is 3.34. The highest BCUT2D eigenvalue weighted by molar-refractivity contribution is 7.89. The molecule has 0 saturated heterocycles. The minimum Gasteiger partial charge on any atom is -0.461 e. The van der Waals surface area contributed by atoms with Crippen LogP contribution >= 0.6 is 0 Å². The summed E-state index contributed by atoms with van der Waals surface area (Å²) in [6.07, 6.45) is 2.39. The van der Waals surface area contributed by atoms with Crippen molar-refractivity contribution in [3.8, 4) is 0 Å². The summed E-state index contributed by atoms with van der Waals surface area (Å²) in [5, 5.41) is 6.31. The minimum atomic E-state index is -3.81. The maximum atomic E-state index is 13.0. The average molecular weight is 483 g/mol. The van der Waals surface area contributed by atoms with Crippen LogP contribution in [-0.2, 0) is 40.7 Å². The molecule has 0 aliphatic heterocycles. The number of sulfonamides is 1. The number of para-hydroxylation sites is 1. The second-order valence-corrected chi connectivity index (χ2v) is 10.0. The van der Waals surface area contributed by atoms with Crippen molar-refractivity contribution in [1.29, 1.82) is 0 Å². The number of aromatic nitrogens is 2. The third-order valence-corrected chi connectivity index (χ3v) is 6.97. The molecule has 2 aromatic carbocycles. The van der Waals surface area contributed by atoms with Crippen molar-refractivity contribution in [2.45, 2.75) is 57.5 Å². The van der Waals surface area contributed by atoms with Crippen molar-refractivity contribution < 1.29 is 17.6 Å². The molecule has 2 heterocycles. The summed E-state index contributed by atoms with van der Waals surface area (Å²) in [5.74, 6) is 1.66. The number of nitrogens with zero attached hydrogens (tertiary/aromatic N) is 3. The van der Waals surface area contributed by atoms with Gasteiger partial charge < -0.3 is 13.9 Å². The van der Waals surface area contributed by atoms with E-state index in [0.717, 1.165) is 53.0 Å². The first kappa shape index (κ1) is 24.0. The zero-order valence-corrected chi connectivity index (χ0v) is 20.6. The highest BCUT2D eigenvalue weighted by atomic mass is 32.2. The molecule has 4 rings (SSSR count). The van der Waals surface area contributed by atoms with Crippen molar-refractivity contribution >= 4 is 37.9 Å². The number of carbonyl (C=O) groups is 1. The Morgan fingerprint density at radius 3 is 2.65 bits per heavy atom. The molecule has 2 N–H and O–H groups in total. The second-order valence-electron chi connectivity index (χ2n) is 8.48. The van der Waals surface area contributed by atoms with E-state index >= 15 is 0 Å². The molecule has 2 aromatic heterocycles. The van der Waals surface area contributed by atoms with Gasteiger partial charge in [-0.2, -0.15) is 0 Å². The van der Waals surface area contributed by atoms with Crippen molar-refractivity contribution in [3.05, 3.63) is 59.6 Å². The van der Waals surface area contributed by atoms with Crippen molar-refractivity contribution in [2.24, 2.45) is 5.14 Å². The van der Waals surface area contributed by atoms with Gasteiger partial charge in [0.15, 0.2) is 0 Å². The lowest BCUT2D eigenvalue weighted by molar-refractivity contribution is -0.130. The van der Waals surface area contributed by atoms with Crippen molar-refractivity contribution in [3.63, 3.8) is 0 Å². The number of imidazole rings is 1. The van der Waals surface area contributed by atoms with E-state index in [1.165, 1.54) is 12.1 Å². The molecule has 0 spiro atoms. The highest BCUT2D eigenvalue weighted by Gasteiger charge is 2.19. The molecule has 0 unspecified atom stereocenters. The number of aryl methyl sites for hydroxylation is 3. The summed E-state index contributed by atoms with van der Waals surface area (Å²) in [6.45, 7) is 5.31. The molecule has 4 aromatic rings. The lowest BCUT2D eigenvalue weighted by atomic mass is 10.1. The minimum absolute atomic E-state index is 0.00710. The van der Waals surface area contributed by atoms with Crippen LogP contribution in [-0.4, -0.2) is 35.8 Å². The molecule has 9 heteroatoms. The number of rotatable bonds is 9. The normalized spacial score (nSPS) is 12.0. The summed E-state index contributed by atoms with van der Waals surface area (Å²) < 4.78 is 31.5. The number of hydrogen-bond donors (Lipinski definition) is 1. The molecular formula is C25H30N4O4S. The van der Waals surface area contributed by atoms with E-state index in [-0.39, 0.29) is 10.8 Å². The second kappa shape index (κ2) is 9.60. The maximum Gasteiger partial charge on any atom is 0.238 e. The lowest BCUT2D eigenvalue weighted by Gasteiger charge is -2.17. The van der Waals surface area contributed by atoms with Gasteiger partial charge in [-0.3, -0.25) is 4.79 Å². The van der Waals surface area contributed by atoms with Gasteiger partial charge in [-0.05, 0) is 30.7 Å². The van der Waals surface area contributed by atoms with Gasteiger partial charge in [-0.1, -0.05) is 32.0 Å². The fraction of sp³-hybridized carbons (Fsp3) is 0.360. The van der Waals surface area contributed by atoms with Crippen LogP contribution in [0.3, 0.4) is 0 Å². The predicted octanol–water partition coefficient (Wildman–Crippen LogP) is 3.99. The van der Waals surface area contributed by atoms with Gasteiger partial charge in [0.1, 0.15) is 17.2 Å². The van der Waals surface area contributed by atoms with E-state index < -0.39 is 10.0 Å². The van der Waals surface area contributed by atoms with E-state index in [0.29, 0.717) is 24.9 Å². The first-order valence-electron chi connectivity index (χ1n) is 11.5. The molecule has 0 fully saturated rings. The van der Waals surface area contributed by atoms with E-state index in [4.69, 9.17) is 9.56 Å². The zero-order valence-electron chi connectivity index (χ0n) is 19.7. The Balaban J connectivity index is 1.53. The Morgan fingerprint density at radius 2 is 1.94 bits per heavy atom. The molecule has 0 saturated carbocycles. The summed E-state index contributed by atoms with van der Waals surface area (Å²) in [5.41, 5.74) is 3.28. The topological polar surface area (TPSA) is 111 Å². The molecule has 180 valence electrons. The van der Waals surface area contributed by atoms with Crippen LogP contribution in [0.1, 0.15) is 43.8 Å². The van der Waals surface area contributed by atoms with Crippen molar-refractivity contribution in [2.75, 3.05) is 7.05 Å². The first-order valence-corrected chi connectivity index (χ1v) is 13.0. The summed E-state index contributed by atoms with van der Waals surface area (Å²) in [4.78, 5) is 19.4. The van der Waals surface area contributed by atoms with Crippen LogP contribution in [0, 0.1) is 0 Å². The molecule has 8 nitrogen and oxygen atoms in total. The summed E-state index contributed by atoms with van der Waals surface area (Å²) in [7, 11) is -2.01. The smallest absolute Gasteiger partial charge is 0.238 e. The van der Waals surface area contributed by atoms with E-state index in [9.17, 15) is 13.2 Å². The molecule has 0 radical (unpaired) electrons. The third-order valence-electron chi connectivity index (χ3n) is 6.06. The van der Waals surface area contributed by atoms with Gasteiger partial charge >= 0.3 is 0 Å². The number of fused-ring (bicyclic) bond motifs is 2. The van der Waals surface area contributed by atoms with Crippen LogP contribution in [0.25, 0.3) is 22.0 Å². The van der Waals surface area contributed by atoms with Gasteiger partial charge in [-0.15, -0.1) is 0 Å². The Kier molecular flexibility index (Phi) is 6.77. The Labute approximate surface area is 199 Å². The molecule has 0 atom stereocenters. The van der Waals surface area contributed by atoms with Gasteiger partial charge in [0.2, 0.25) is 15.9 Å². The molecular weight excluding hydrogens is 452 g/mol. The number of carbonyl (C=O) groups excluding carboxylic acids is 1. The largest absolute Gasteiger partial charge is 0.461 e. The third kappa shape index (κ3) is 4.71. The SMILES string of the molecule is CCCn1c(CCC(=O)N(C)Cc2c(CC)oc3ccccc23)nc2cc(S(N)(=O)=O)ccc21. The molecule has 0 bridgehead atoms. The fourth-order valence-electron chi connectivity index (χ4n) is 4.34. The fourth-order valence-corrected chi connectivity index (χ4v) is 4.88. The van der Waals surface area contributed by atoms with Gasteiger partial charge in [-0.25, -0.2) is 18.5 Å². The quantitative estimate of drug-likeness (QED) is 0.388. The van der Waals surface area contributed by atoms with Gasteiger partial charge in [0.05, 0.1) is 15.9 Å². The molecule has 0 aliphatic carbocycles. The molecule has 34 heavy (non-hydrogen) atoms. The van der Waals surface area contributed by atoms with Crippen molar-refractivity contribution in [1.82, 2.24) is 14.5 Å². The number of nitrogens with two attached hydrogens (primary N) is 1. The van der Waals surface area contributed by atoms with Crippen LogP contribution < -0.4 is 5.14 Å². The molecule has 1 amide bonds. The van der Waals surface area contributed by atoms with Crippen LogP contribution in [0.2, 0.25) is 0 Å². The van der Waals surface area contributed by atoms with E-state index in [1.54, 1.807) is 18.0 Å². The number of primary sulfonamides is 1. The van der Waals surface area contributed by atoms with Crippen LogP contribution in [0.15, 0.2) is 51.8 Å². The van der Waals surface area contributed by atoms with E-state index in [2.05, 4.69) is 11.9 Å². The Hall–Kier alpha value is -3.17. The van der Waals surface area contributed by atoms with Crippen LogP contribution in [0.4, 0.5) is 0 Å². The zero-order chi connectivity index (χ0) is 24.5. The predicted molar refractivity (Wildman–Crippen MR) is 132 cm³/mol. The van der Waals surface area contributed by atoms with Gasteiger partial charge in [0, 0.05) is 50.3 Å². The first-order chi connectivity index (χ1) is 16.2. The number of hydrogen-bond acceptors (Lipinski definition) is 5.